The molecule has 1 aromatic carbocycles. The summed E-state index contributed by atoms with van der Waals surface area (Å²) in [5.41, 5.74) is 6.22. The Morgan fingerprint density at radius 1 is 1.58 bits per heavy atom. The van der Waals surface area contributed by atoms with Gasteiger partial charge in [-0.1, -0.05) is 12.2 Å². The maximum absolute atomic E-state index is 14.2. The monoisotopic (exact) mass is 347 g/mol. The van der Waals surface area contributed by atoms with E-state index in [0.29, 0.717) is 17.8 Å². The van der Waals surface area contributed by atoms with E-state index in [-0.39, 0.29) is 21.9 Å². The second-order valence-corrected chi connectivity index (χ2v) is 5.17. The average Bonchev–Trinajstić information content (AvgIpc) is 2.32. The van der Waals surface area contributed by atoms with Crippen LogP contribution in [0.1, 0.15) is 12.5 Å². The molecule has 1 amide bonds. The average molecular weight is 348 g/mol. The summed E-state index contributed by atoms with van der Waals surface area (Å²) in [5, 5.41) is 2.65. The molecule has 1 aromatic rings. The standard InChI is InChI=1S/C12H15BrFN3OS/c1-3-16-9(18)6-17(2)8-5-4-7(12(15)19)10(13)11(8)14/h4-5H,3,6H2,1-2H3,(H2,15,19)(H,16,18). The summed E-state index contributed by atoms with van der Waals surface area (Å²) >= 11 is 7.95. The summed E-state index contributed by atoms with van der Waals surface area (Å²) in [7, 11) is 1.64. The SMILES string of the molecule is CCNC(=O)CN(C)c1ccc(C(N)=S)c(Br)c1F. The molecule has 0 spiro atoms. The maximum atomic E-state index is 14.2. The number of carbonyl (C=O) groups is 1. The summed E-state index contributed by atoms with van der Waals surface area (Å²) in [6.45, 7) is 2.44. The Morgan fingerprint density at radius 2 is 2.21 bits per heavy atom. The highest BCUT2D eigenvalue weighted by Crippen LogP contribution is 2.28. The van der Waals surface area contributed by atoms with Crippen LogP contribution in [-0.4, -0.2) is 31.0 Å². The first-order valence-electron chi connectivity index (χ1n) is 5.64. The number of nitrogens with zero attached hydrogens (tertiary/aromatic N) is 1. The van der Waals surface area contributed by atoms with Crippen LogP contribution >= 0.6 is 28.1 Å². The van der Waals surface area contributed by atoms with Crippen molar-refractivity contribution >= 4 is 44.7 Å². The fourth-order valence-electron chi connectivity index (χ4n) is 1.58. The number of nitrogens with two attached hydrogens (primary N) is 1. The number of nitrogens with one attached hydrogen (secondary N) is 1. The third-order valence-corrected chi connectivity index (χ3v) is 3.49. The van der Waals surface area contributed by atoms with Gasteiger partial charge in [-0.05, 0) is 35.0 Å². The second-order valence-electron chi connectivity index (χ2n) is 3.93. The van der Waals surface area contributed by atoms with Gasteiger partial charge in [0.1, 0.15) is 4.99 Å². The predicted octanol–water partition coefficient (Wildman–Crippen LogP) is 1.79. The zero-order valence-corrected chi connectivity index (χ0v) is 13.1. The van der Waals surface area contributed by atoms with Crippen molar-refractivity contribution in [3.63, 3.8) is 0 Å². The number of anilines is 1. The minimum Gasteiger partial charge on any atom is -0.389 e. The Labute approximate surface area is 125 Å². The van der Waals surface area contributed by atoms with Gasteiger partial charge in [0.05, 0.1) is 16.7 Å². The fourth-order valence-corrected chi connectivity index (χ4v) is 2.43. The Hall–Kier alpha value is -1.21. The number of carbonyl (C=O) groups excluding carboxylic acids is 1. The lowest BCUT2D eigenvalue weighted by Gasteiger charge is -2.20. The van der Waals surface area contributed by atoms with Crippen LogP contribution in [0.25, 0.3) is 0 Å². The maximum Gasteiger partial charge on any atom is 0.239 e. The Balaban J connectivity index is 2.99. The first-order valence-corrected chi connectivity index (χ1v) is 6.84. The highest BCUT2D eigenvalue weighted by Gasteiger charge is 2.16. The van der Waals surface area contributed by atoms with E-state index in [1.165, 1.54) is 4.90 Å². The van der Waals surface area contributed by atoms with Crippen LogP contribution < -0.4 is 16.0 Å². The molecule has 0 aliphatic heterocycles. The number of rotatable bonds is 5. The molecule has 0 saturated carbocycles. The Morgan fingerprint density at radius 3 is 2.74 bits per heavy atom. The Kier molecular flexibility index (Phi) is 5.68. The number of amides is 1. The van der Waals surface area contributed by atoms with Crippen molar-refractivity contribution in [2.45, 2.75) is 6.92 Å². The second kappa shape index (κ2) is 6.81. The Bertz CT molecular complexity index is 510. The molecule has 0 bridgehead atoms. The minimum absolute atomic E-state index is 0.0730. The molecule has 104 valence electrons. The summed E-state index contributed by atoms with van der Waals surface area (Å²) in [6.07, 6.45) is 0. The van der Waals surface area contributed by atoms with Gasteiger partial charge < -0.3 is 16.0 Å². The molecule has 0 aromatic heterocycles. The lowest BCUT2D eigenvalue weighted by Crippen LogP contribution is -2.35. The molecular weight excluding hydrogens is 333 g/mol. The highest BCUT2D eigenvalue weighted by atomic mass is 79.9. The molecule has 19 heavy (non-hydrogen) atoms. The molecule has 0 fully saturated rings. The fraction of sp³-hybridized carbons (Fsp3) is 0.333. The van der Waals surface area contributed by atoms with E-state index in [9.17, 15) is 9.18 Å². The van der Waals surface area contributed by atoms with Crippen LogP contribution in [-0.2, 0) is 4.79 Å². The van der Waals surface area contributed by atoms with Crippen molar-refractivity contribution in [2.75, 3.05) is 25.0 Å². The van der Waals surface area contributed by atoms with Gasteiger partial charge in [0.25, 0.3) is 0 Å². The summed E-state index contributed by atoms with van der Waals surface area (Å²) in [4.78, 5) is 13.1. The molecule has 0 atom stereocenters. The summed E-state index contributed by atoms with van der Waals surface area (Å²) in [5.74, 6) is -0.656. The number of likely N-dealkylation sites (N-methyl/N-ethyl adjacent to an activating group) is 2. The summed E-state index contributed by atoms with van der Waals surface area (Å²) < 4.78 is 14.4. The number of benzene rings is 1. The van der Waals surface area contributed by atoms with E-state index in [1.54, 1.807) is 19.2 Å². The molecule has 0 unspecified atom stereocenters. The van der Waals surface area contributed by atoms with Crippen molar-refractivity contribution in [2.24, 2.45) is 5.73 Å². The molecule has 7 heteroatoms. The van der Waals surface area contributed by atoms with Gasteiger partial charge >= 0.3 is 0 Å². The molecule has 3 N–H and O–H groups in total. The molecule has 0 heterocycles. The van der Waals surface area contributed by atoms with E-state index < -0.39 is 5.82 Å². The molecular formula is C12H15BrFN3OS. The lowest BCUT2D eigenvalue weighted by molar-refractivity contribution is -0.119. The van der Waals surface area contributed by atoms with Gasteiger partial charge in [0.2, 0.25) is 5.91 Å². The molecule has 1 rings (SSSR count). The molecule has 0 saturated heterocycles. The van der Waals surface area contributed by atoms with Crippen LogP contribution in [0.15, 0.2) is 16.6 Å². The van der Waals surface area contributed by atoms with Gasteiger partial charge in [-0.15, -0.1) is 0 Å². The number of hydrogen-bond donors (Lipinski definition) is 2. The van der Waals surface area contributed by atoms with Gasteiger partial charge in [-0.25, -0.2) is 4.39 Å². The third-order valence-electron chi connectivity index (χ3n) is 2.49. The van der Waals surface area contributed by atoms with Gasteiger partial charge in [-0.2, -0.15) is 0 Å². The number of thiocarbonyl (C=S) groups is 1. The van der Waals surface area contributed by atoms with Crippen LogP contribution in [0.2, 0.25) is 0 Å². The first kappa shape index (κ1) is 15.8. The minimum atomic E-state index is -0.489. The molecule has 0 radical (unpaired) electrons. The number of halogens is 2. The van der Waals surface area contributed by atoms with Crippen LogP contribution in [0, 0.1) is 5.82 Å². The topological polar surface area (TPSA) is 58.4 Å². The zero-order valence-electron chi connectivity index (χ0n) is 10.7. The van der Waals surface area contributed by atoms with E-state index in [2.05, 4.69) is 21.2 Å². The first-order chi connectivity index (χ1) is 8.88. The molecule has 0 aliphatic carbocycles. The van der Waals surface area contributed by atoms with Gasteiger partial charge in [0.15, 0.2) is 5.82 Å². The largest absolute Gasteiger partial charge is 0.389 e. The van der Waals surface area contributed by atoms with E-state index in [4.69, 9.17) is 18.0 Å². The van der Waals surface area contributed by atoms with Gasteiger partial charge in [0, 0.05) is 19.2 Å². The predicted molar refractivity (Wildman–Crippen MR) is 81.9 cm³/mol. The number of hydrogen-bond acceptors (Lipinski definition) is 3. The molecule has 0 aliphatic rings. The third kappa shape index (κ3) is 3.87. The zero-order chi connectivity index (χ0) is 14.6. The van der Waals surface area contributed by atoms with Crippen molar-refractivity contribution in [1.82, 2.24) is 5.32 Å². The van der Waals surface area contributed by atoms with Gasteiger partial charge in [-0.3, -0.25) is 4.79 Å². The quantitative estimate of drug-likeness (QED) is 0.797. The lowest BCUT2D eigenvalue weighted by atomic mass is 10.2. The van der Waals surface area contributed by atoms with Crippen molar-refractivity contribution in [1.29, 1.82) is 0 Å². The highest BCUT2D eigenvalue weighted by molar-refractivity contribution is 9.10. The van der Waals surface area contributed by atoms with Crippen molar-refractivity contribution in [3.8, 4) is 0 Å². The normalized spacial score (nSPS) is 10.1. The summed E-state index contributed by atoms with van der Waals surface area (Å²) in [6, 6.07) is 3.17. The van der Waals surface area contributed by atoms with E-state index >= 15 is 0 Å². The smallest absolute Gasteiger partial charge is 0.239 e. The van der Waals surface area contributed by atoms with Crippen LogP contribution in [0.5, 0.6) is 0 Å². The van der Waals surface area contributed by atoms with E-state index in [1.807, 2.05) is 6.92 Å². The van der Waals surface area contributed by atoms with Crippen LogP contribution in [0.4, 0.5) is 10.1 Å². The van der Waals surface area contributed by atoms with Crippen molar-refractivity contribution < 1.29 is 9.18 Å². The molecule has 4 nitrogen and oxygen atoms in total. The van der Waals surface area contributed by atoms with Crippen molar-refractivity contribution in [3.05, 3.63) is 28.0 Å². The van der Waals surface area contributed by atoms with E-state index in [0.717, 1.165) is 0 Å². The van der Waals surface area contributed by atoms with Crippen LogP contribution in [0.3, 0.4) is 0 Å².